The Bertz CT molecular complexity index is 1420. The Kier molecular flexibility index (Phi) is 10.3. The van der Waals surface area contributed by atoms with Gasteiger partial charge in [0.05, 0.1) is 12.6 Å². The second-order valence-electron chi connectivity index (χ2n) is 13.1. The minimum Gasteiger partial charge on any atom is -0.453 e. The highest BCUT2D eigenvalue weighted by atomic mass is 16.5. The quantitative estimate of drug-likeness (QED) is 0.458. The fraction of sp³-hybridized carbons (Fsp3) is 0.636. The van der Waals surface area contributed by atoms with Gasteiger partial charge in [0.25, 0.3) is 11.5 Å². The molecule has 0 saturated carbocycles. The topological polar surface area (TPSA) is 111 Å². The van der Waals surface area contributed by atoms with Crippen LogP contribution in [0.4, 0.5) is 9.59 Å². The van der Waals surface area contributed by atoms with Gasteiger partial charge in [-0.3, -0.25) is 19.4 Å². The summed E-state index contributed by atoms with van der Waals surface area (Å²) in [7, 11) is 4.96. The van der Waals surface area contributed by atoms with Crippen LogP contribution >= 0.6 is 0 Å². The van der Waals surface area contributed by atoms with Crippen molar-refractivity contribution in [1.82, 2.24) is 34.4 Å². The lowest BCUT2D eigenvalue weighted by atomic mass is 9.96. The maximum absolute atomic E-state index is 13.5. The molecule has 2 aromatic rings. The standard InChI is InChI=1S/C33H49N7O5/c1-23(2)40-29-9-7-6-8-24(29)20-28(31(40)42)30(41)34-25-21-26-10-11-27(22-25)39(26)19-18-38(33(44)45-5)17-14-36-12-15-37(16-13-36)32(43)35(3)4/h6-9,20,23,25-27H,10-19,21-22H2,1-5H3,(H,34,41). The number of hydrogen-bond donors (Lipinski definition) is 1. The van der Waals surface area contributed by atoms with E-state index in [1.54, 1.807) is 34.5 Å². The van der Waals surface area contributed by atoms with Gasteiger partial charge in [0.1, 0.15) is 5.56 Å². The third-order valence-corrected chi connectivity index (χ3v) is 9.70. The van der Waals surface area contributed by atoms with E-state index < -0.39 is 0 Å². The highest BCUT2D eigenvalue weighted by Gasteiger charge is 2.41. The maximum atomic E-state index is 13.5. The van der Waals surface area contributed by atoms with E-state index in [2.05, 4.69) is 15.1 Å². The van der Waals surface area contributed by atoms with Crippen LogP contribution in [0.15, 0.2) is 35.1 Å². The molecule has 246 valence electrons. The van der Waals surface area contributed by atoms with E-state index in [9.17, 15) is 19.2 Å². The molecule has 45 heavy (non-hydrogen) atoms. The van der Waals surface area contributed by atoms with Crippen molar-refractivity contribution in [3.05, 3.63) is 46.2 Å². The fourth-order valence-electron chi connectivity index (χ4n) is 7.35. The molecule has 3 aliphatic rings. The molecule has 12 nitrogen and oxygen atoms in total. The summed E-state index contributed by atoms with van der Waals surface area (Å²) in [5, 5.41) is 4.07. The van der Waals surface area contributed by atoms with Crippen LogP contribution in [0.25, 0.3) is 10.9 Å². The van der Waals surface area contributed by atoms with E-state index in [1.807, 2.05) is 43.0 Å². The SMILES string of the molecule is COC(=O)N(CCN1CCN(C(=O)N(C)C)CC1)CCN1C2CCC1CC(NC(=O)c1cc3ccccc3n(C(C)C)c1=O)C2. The molecule has 1 aromatic carbocycles. The van der Waals surface area contributed by atoms with Gasteiger partial charge >= 0.3 is 12.1 Å². The van der Waals surface area contributed by atoms with Gasteiger partial charge in [0.2, 0.25) is 0 Å². The number of benzene rings is 1. The number of piperidine rings is 1. The predicted octanol–water partition coefficient (Wildman–Crippen LogP) is 2.68. The zero-order valence-electron chi connectivity index (χ0n) is 27.4. The number of rotatable bonds is 9. The summed E-state index contributed by atoms with van der Waals surface area (Å²) in [6.45, 7) is 9.45. The molecular formula is C33H49N7O5. The van der Waals surface area contributed by atoms with Gasteiger partial charge in [-0.2, -0.15) is 0 Å². The van der Waals surface area contributed by atoms with E-state index in [4.69, 9.17) is 4.74 Å². The molecule has 4 amide bonds. The average Bonchev–Trinajstić information content (AvgIpc) is 3.26. The van der Waals surface area contributed by atoms with Crippen LogP contribution < -0.4 is 10.9 Å². The zero-order chi connectivity index (χ0) is 32.2. The van der Waals surface area contributed by atoms with Gasteiger partial charge in [-0.05, 0) is 57.0 Å². The number of amides is 4. The molecule has 0 aliphatic carbocycles. The number of urea groups is 1. The molecule has 1 aromatic heterocycles. The van der Waals surface area contributed by atoms with Gasteiger partial charge in [-0.1, -0.05) is 18.2 Å². The molecule has 0 radical (unpaired) electrons. The monoisotopic (exact) mass is 623 g/mol. The molecule has 2 bridgehead atoms. The van der Waals surface area contributed by atoms with Gasteiger partial charge in [-0.15, -0.1) is 0 Å². The number of methoxy groups -OCH3 is 1. The van der Waals surface area contributed by atoms with E-state index in [1.165, 1.54) is 7.11 Å². The molecule has 2 atom stereocenters. The fourth-order valence-corrected chi connectivity index (χ4v) is 7.35. The highest BCUT2D eigenvalue weighted by molar-refractivity contribution is 5.97. The van der Waals surface area contributed by atoms with Crippen LogP contribution in [0, 0.1) is 0 Å². The summed E-state index contributed by atoms with van der Waals surface area (Å²) in [5.41, 5.74) is 0.769. The van der Waals surface area contributed by atoms with Crippen LogP contribution in [0.2, 0.25) is 0 Å². The molecule has 3 fully saturated rings. The molecule has 3 saturated heterocycles. The van der Waals surface area contributed by atoms with Crippen molar-refractivity contribution < 1.29 is 19.1 Å². The van der Waals surface area contributed by atoms with Crippen LogP contribution in [0.1, 0.15) is 55.9 Å². The molecule has 1 N–H and O–H groups in total. The van der Waals surface area contributed by atoms with Crippen LogP contribution in [0.5, 0.6) is 0 Å². The molecule has 0 spiro atoms. The number of fused-ring (bicyclic) bond motifs is 3. The van der Waals surface area contributed by atoms with Gasteiger partial charge in [0, 0.05) is 90.6 Å². The Balaban J connectivity index is 1.15. The number of piperazine rings is 1. The van der Waals surface area contributed by atoms with Crippen molar-refractivity contribution >= 4 is 28.9 Å². The Labute approximate surface area is 265 Å². The normalized spacial score (nSPS) is 22.1. The number of hydrogen-bond acceptors (Lipinski definition) is 7. The van der Waals surface area contributed by atoms with Crippen LogP contribution in [-0.2, 0) is 4.74 Å². The number of nitrogens with zero attached hydrogens (tertiary/aromatic N) is 6. The van der Waals surface area contributed by atoms with Crippen molar-refractivity contribution in [2.45, 2.75) is 63.7 Å². The van der Waals surface area contributed by atoms with E-state index in [0.29, 0.717) is 38.3 Å². The first-order valence-corrected chi connectivity index (χ1v) is 16.3. The molecular weight excluding hydrogens is 574 g/mol. The Hall–Kier alpha value is -3.64. The number of carbonyl (C=O) groups is 3. The Morgan fingerprint density at radius 3 is 2.24 bits per heavy atom. The largest absolute Gasteiger partial charge is 0.453 e. The molecule has 12 heteroatoms. The summed E-state index contributed by atoms with van der Waals surface area (Å²) in [6.07, 6.45) is 3.43. The number of ether oxygens (including phenoxy) is 1. The third kappa shape index (κ3) is 7.27. The van der Waals surface area contributed by atoms with Gasteiger partial charge in [0.15, 0.2) is 0 Å². The Morgan fingerprint density at radius 1 is 0.978 bits per heavy atom. The first kappa shape index (κ1) is 32.7. The van der Waals surface area contributed by atoms with E-state index in [-0.39, 0.29) is 41.2 Å². The first-order valence-electron chi connectivity index (χ1n) is 16.3. The number of aromatic nitrogens is 1. The minimum atomic E-state index is -0.326. The molecule has 2 unspecified atom stereocenters. The minimum absolute atomic E-state index is 0.000579. The summed E-state index contributed by atoms with van der Waals surface area (Å²) < 4.78 is 6.82. The number of para-hydroxylation sites is 1. The van der Waals surface area contributed by atoms with Crippen molar-refractivity contribution in [2.75, 3.05) is 73.6 Å². The first-order chi connectivity index (χ1) is 21.6. The third-order valence-electron chi connectivity index (χ3n) is 9.70. The number of pyridine rings is 1. The predicted molar refractivity (Wildman–Crippen MR) is 174 cm³/mol. The second-order valence-corrected chi connectivity index (χ2v) is 13.1. The highest BCUT2D eigenvalue weighted by Crippen LogP contribution is 2.35. The van der Waals surface area contributed by atoms with E-state index >= 15 is 0 Å². The van der Waals surface area contributed by atoms with Gasteiger partial charge in [-0.25, -0.2) is 9.59 Å². The van der Waals surface area contributed by atoms with Crippen LogP contribution in [-0.4, -0.2) is 139 Å². The number of carbonyl (C=O) groups excluding carboxylic acids is 3. The van der Waals surface area contributed by atoms with Gasteiger partial charge < -0.3 is 29.3 Å². The lowest BCUT2D eigenvalue weighted by Gasteiger charge is -2.40. The maximum Gasteiger partial charge on any atom is 0.409 e. The lowest BCUT2D eigenvalue weighted by Crippen LogP contribution is -2.54. The number of nitrogens with one attached hydrogen (secondary N) is 1. The lowest BCUT2D eigenvalue weighted by molar-refractivity contribution is 0.0732. The molecule has 4 heterocycles. The summed E-state index contributed by atoms with van der Waals surface area (Å²) in [6, 6.07) is 10.0. The zero-order valence-corrected chi connectivity index (χ0v) is 27.4. The van der Waals surface area contributed by atoms with Crippen molar-refractivity contribution in [1.29, 1.82) is 0 Å². The molecule has 3 aliphatic heterocycles. The van der Waals surface area contributed by atoms with E-state index in [0.717, 1.165) is 62.8 Å². The van der Waals surface area contributed by atoms with Crippen molar-refractivity contribution in [3.63, 3.8) is 0 Å². The summed E-state index contributed by atoms with van der Waals surface area (Å²) >= 11 is 0. The van der Waals surface area contributed by atoms with Crippen molar-refractivity contribution in [3.8, 4) is 0 Å². The Morgan fingerprint density at radius 2 is 1.62 bits per heavy atom. The average molecular weight is 624 g/mol. The van der Waals surface area contributed by atoms with Crippen molar-refractivity contribution in [2.24, 2.45) is 0 Å². The summed E-state index contributed by atoms with van der Waals surface area (Å²) in [4.78, 5) is 61.8. The smallest absolute Gasteiger partial charge is 0.409 e. The molecule has 5 rings (SSSR count). The second kappa shape index (κ2) is 14.2. The summed E-state index contributed by atoms with van der Waals surface area (Å²) in [5.74, 6) is -0.304. The van der Waals surface area contributed by atoms with Crippen LogP contribution in [0.3, 0.4) is 0 Å².